The highest BCUT2D eigenvalue weighted by atomic mass is 16.5. The molecular weight excluding hydrogens is 584 g/mol. The van der Waals surface area contributed by atoms with Crippen LogP contribution in [-0.4, -0.2) is 15.3 Å². The van der Waals surface area contributed by atoms with Crippen molar-refractivity contribution in [3.05, 3.63) is 127 Å². The van der Waals surface area contributed by atoms with E-state index in [1.54, 1.807) is 36.4 Å². The molecule has 0 bridgehead atoms. The average molecular weight is 615 g/mol. The van der Waals surface area contributed by atoms with Gasteiger partial charge in [0.1, 0.15) is 51.7 Å². The Kier molecular flexibility index (Phi) is 7.99. The summed E-state index contributed by atoms with van der Waals surface area (Å²) in [7, 11) is 0. The first-order chi connectivity index (χ1) is 22.2. The van der Waals surface area contributed by atoms with Crippen LogP contribution in [0.3, 0.4) is 0 Å². The number of nitrogens with zero attached hydrogens (tertiary/aromatic N) is 1. The van der Waals surface area contributed by atoms with Gasteiger partial charge >= 0.3 is 0 Å². The van der Waals surface area contributed by atoms with E-state index in [1.165, 1.54) is 18.2 Å². The Morgan fingerprint density at radius 3 is 0.826 bits per heavy atom. The van der Waals surface area contributed by atoms with Crippen molar-refractivity contribution >= 4 is 34.1 Å². The van der Waals surface area contributed by atoms with Gasteiger partial charge in [-0.2, -0.15) is 0 Å². The lowest BCUT2D eigenvalue weighted by atomic mass is 10.1. The molecule has 0 radical (unpaired) electrons. The van der Waals surface area contributed by atoms with E-state index < -0.39 is 0 Å². The van der Waals surface area contributed by atoms with Crippen molar-refractivity contribution in [1.82, 2.24) is 0 Å². The van der Waals surface area contributed by atoms with Gasteiger partial charge in [0.25, 0.3) is 0 Å². The quantitative estimate of drug-likeness (QED) is 0.0686. The molecule has 0 spiro atoms. The second kappa shape index (κ2) is 12.5. The molecule has 6 aromatic carbocycles. The summed E-state index contributed by atoms with van der Waals surface area (Å²) < 4.78 is 17.8. The molecule has 9 N–H and O–H groups in total. The topological polar surface area (TPSA) is 170 Å². The molecule has 0 amide bonds. The highest BCUT2D eigenvalue weighted by Crippen LogP contribution is 2.39. The molecule has 0 aliphatic heterocycles. The summed E-state index contributed by atoms with van der Waals surface area (Å²) in [6.45, 7) is 0. The third-order valence-electron chi connectivity index (χ3n) is 7.00. The summed E-state index contributed by atoms with van der Waals surface area (Å²) in [4.78, 5) is 2.04. The number of ether oxygens (including phenoxy) is 3. The predicted molar refractivity (Wildman–Crippen MR) is 179 cm³/mol. The summed E-state index contributed by atoms with van der Waals surface area (Å²) in [5.41, 5.74) is 20.4. The van der Waals surface area contributed by atoms with Crippen molar-refractivity contribution in [1.29, 1.82) is 0 Å². The van der Waals surface area contributed by atoms with Crippen LogP contribution in [-0.2, 0) is 0 Å². The number of phenols is 3. The molecule has 0 atom stereocenters. The Hall–Kier alpha value is -6.68. The molecule has 230 valence electrons. The molecule has 10 heteroatoms. The Bertz CT molecular complexity index is 1750. The number of phenolic OH excluding ortho intramolecular Hbond substituents is 3. The molecule has 0 saturated carbocycles. The van der Waals surface area contributed by atoms with Gasteiger partial charge in [-0.1, -0.05) is 0 Å². The maximum Gasteiger partial charge on any atom is 0.142 e. The van der Waals surface area contributed by atoms with Gasteiger partial charge in [-0.25, -0.2) is 0 Å². The second-order valence-corrected chi connectivity index (χ2v) is 10.3. The number of benzene rings is 6. The van der Waals surface area contributed by atoms with Gasteiger partial charge in [0, 0.05) is 35.3 Å². The number of anilines is 6. The minimum absolute atomic E-state index is 0.0541. The molecule has 0 aliphatic rings. The van der Waals surface area contributed by atoms with Crippen LogP contribution in [0.4, 0.5) is 34.1 Å². The number of hydrogen-bond acceptors (Lipinski definition) is 10. The normalized spacial score (nSPS) is 10.7. The second-order valence-electron chi connectivity index (χ2n) is 10.3. The fourth-order valence-corrected chi connectivity index (χ4v) is 4.61. The van der Waals surface area contributed by atoms with Crippen LogP contribution in [0.25, 0.3) is 0 Å². The van der Waals surface area contributed by atoms with E-state index in [9.17, 15) is 15.3 Å². The zero-order valence-electron chi connectivity index (χ0n) is 24.4. The molecule has 46 heavy (non-hydrogen) atoms. The molecule has 6 aromatic rings. The van der Waals surface area contributed by atoms with Gasteiger partial charge in [0.05, 0.1) is 17.1 Å². The van der Waals surface area contributed by atoms with Crippen LogP contribution in [0, 0.1) is 0 Å². The predicted octanol–water partition coefficient (Wildman–Crippen LogP) is 8.40. The molecule has 0 aromatic heterocycles. The zero-order valence-corrected chi connectivity index (χ0v) is 24.4. The Morgan fingerprint density at radius 2 is 0.587 bits per heavy atom. The number of nitrogens with two attached hydrogens (primary N) is 3. The zero-order chi connectivity index (χ0) is 32.2. The van der Waals surface area contributed by atoms with Gasteiger partial charge < -0.3 is 51.6 Å². The van der Waals surface area contributed by atoms with Gasteiger partial charge in [0.2, 0.25) is 0 Å². The Labute approximate surface area is 264 Å². The lowest BCUT2D eigenvalue weighted by Gasteiger charge is -2.26. The molecule has 0 fully saturated rings. The first kappa shape index (κ1) is 29.4. The fraction of sp³-hybridized carbons (Fsp3) is 0. The highest BCUT2D eigenvalue weighted by molar-refractivity contribution is 5.77. The van der Waals surface area contributed by atoms with Gasteiger partial charge in [0.15, 0.2) is 0 Å². The van der Waals surface area contributed by atoms with E-state index in [0.29, 0.717) is 34.5 Å². The van der Waals surface area contributed by atoms with Crippen molar-refractivity contribution < 1.29 is 29.5 Å². The van der Waals surface area contributed by atoms with Crippen LogP contribution in [0.5, 0.6) is 51.7 Å². The van der Waals surface area contributed by atoms with Crippen molar-refractivity contribution in [3.63, 3.8) is 0 Å². The maximum atomic E-state index is 9.94. The van der Waals surface area contributed by atoms with Gasteiger partial charge in [-0.3, -0.25) is 0 Å². The van der Waals surface area contributed by atoms with E-state index >= 15 is 0 Å². The first-order valence-electron chi connectivity index (χ1n) is 14.1. The van der Waals surface area contributed by atoms with Crippen LogP contribution in [0.15, 0.2) is 127 Å². The summed E-state index contributed by atoms with van der Waals surface area (Å²) in [5, 5.41) is 29.8. The van der Waals surface area contributed by atoms with E-state index in [4.69, 9.17) is 31.4 Å². The number of hydrogen-bond donors (Lipinski definition) is 6. The Morgan fingerprint density at radius 1 is 0.348 bits per heavy atom. The van der Waals surface area contributed by atoms with E-state index in [2.05, 4.69) is 0 Å². The van der Waals surface area contributed by atoms with Crippen molar-refractivity contribution in [2.24, 2.45) is 0 Å². The smallest absolute Gasteiger partial charge is 0.142 e. The van der Waals surface area contributed by atoms with E-state index in [1.807, 2.05) is 77.7 Å². The van der Waals surface area contributed by atoms with Crippen molar-refractivity contribution in [2.45, 2.75) is 0 Å². The minimum atomic E-state index is -0.0541. The third-order valence-corrected chi connectivity index (χ3v) is 7.00. The monoisotopic (exact) mass is 614 g/mol. The lowest BCUT2D eigenvalue weighted by Crippen LogP contribution is -2.09. The average Bonchev–Trinajstić information content (AvgIpc) is 3.05. The van der Waals surface area contributed by atoms with Crippen molar-refractivity contribution in [3.8, 4) is 51.7 Å². The van der Waals surface area contributed by atoms with Crippen LogP contribution in [0.1, 0.15) is 0 Å². The summed E-state index contributed by atoms with van der Waals surface area (Å²) >= 11 is 0. The fourth-order valence-electron chi connectivity index (χ4n) is 4.61. The number of nitrogen functional groups attached to an aromatic ring is 3. The number of aromatic hydroxyl groups is 3. The maximum absolute atomic E-state index is 9.94. The molecule has 6 rings (SSSR count). The molecular formula is C36H30N4O6. The molecule has 0 unspecified atom stereocenters. The SMILES string of the molecule is Nc1ccc(Oc2ccc(N(c3ccc(Oc4ccc(N)c(O)c4)cc3)c3ccc(Oc4ccc(N)c(O)c4)cc3)cc2)cc1O. The standard InChI is InChI=1S/C36H30N4O6/c37-31-16-13-28(19-34(31)41)44-25-7-1-22(2-8-25)40(23-3-9-26(10-4-23)45-29-14-17-32(38)35(42)20-29)24-5-11-27(12-6-24)46-30-15-18-33(39)36(43)21-30/h1-21,41-43H,37-39H2. The summed E-state index contributed by atoms with van der Waals surface area (Å²) in [6, 6.07) is 36.6. The third kappa shape index (κ3) is 6.61. The van der Waals surface area contributed by atoms with Gasteiger partial charge in [-0.15, -0.1) is 0 Å². The van der Waals surface area contributed by atoms with Gasteiger partial charge in [-0.05, 0) is 109 Å². The molecule has 0 heterocycles. The van der Waals surface area contributed by atoms with E-state index in [-0.39, 0.29) is 34.3 Å². The number of rotatable bonds is 9. The summed E-state index contributed by atoms with van der Waals surface area (Å²) in [6.07, 6.45) is 0. The molecule has 10 nitrogen and oxygen atoms in total. The largest absolute Gasteiger partial charge is 0.506 e. The Balaban J connectivity index is 1.28. The summed E-state index contributed by atoms with van der Waals surface area (Å²) in [5.74, 6) is 2.89. The highest BCUT2D eigenvalue weighted by Gasteiger charge is 2.14. The molecule has 0 saturated heterocycles. The van der Waals surface area contributed by atoms with E-state index in [0.717, 1.165) is 17.1 Å². The first-order valence-corrected chi connectivity index (χ1v) is 14.1. The van der Waals surface area contributed by atoms with Crippen LogP contribution in [0.2, 0.25) is 0 Å². The van der Waals surface area contributed by atoms with Crippen molar-refractivity contribution in [2.75, 3.05) is 22.1 Å². The molecule has 0 aliphatic carbocycles. The minimum Gasteiger partial charge on any atom is -0.506 e. The van der Waals surface area contributed by atoms with Crippen LogP contribution < -0.4 is 36.3 Å². The lowest BCUT2D eigenvalue weighted by molar-refractivity contribution is 0.456. The van der Waals surface area contributed by atoms with Crippen LogP contribution >= 0.6 is 0 Å².